The summed E-state index contributed by atoms with van der Waals surface area (Å²) >= 11 is 0. The summed E-state index contributed by atoms with van der Waals surface area (Å²) in [5, 5.41) is 2.59. The molecular weight excluding hydrogens is 257 g/mol. The number of rotatable bonds is 1. The summed E-state index contributed by atoms with van der Waals surface area (Å²) in [7, 11) is 0. The van der Waals surface area contributed by atoms with Crippen molar-refractivity contribution in [3.05, 3.63) is 12.0 Å². The van der Waals surface area contributed by atoms with E-state index < -0.39 is 11.5 Å². The number of nitrogens with two attached hydrogens (primary N) is 2. The minimum Gasteiger partial charge on any atom is -0.370 e. The monoisotopic (exact) mass is 281 g/mol. The fourth-order valence-corrected chi connectivity index (χ4v) is 4.17. The first kappa shape index (κ1) is 13.8. The highest BCUT2D eigenvalue weighted by atomic mass is 19.1. The third-order valence-corrected chi connectivity index (χ3v) is 5.11. The second kappa shape index (κ2) is 4.43. The van der Waals surface area contributed by atoms with Crippen LogP contribution in [0.15, 0.2) is 17.0 Å². The molecule has 2 saturated heterocycles. The SMILES string of the molecule is CC1(C)C[C@H](C2(N)N=C(N)NC=C2F)C[C@@H]2CCCN21. The molecule has 3 aliphatic heterocycles. The molecule has 5 N–H and O–H groups in total. The van der Waals surface area contributed by atoms with Gasteiger partial charge >= 0.3 is 0 Å². The lowest BCUT2D eigenvalue weighted by molar-refractivity contribution is 0.00373. The van der Waals surface area contributed by atoms with Crippen LogP contribution in [0.2, 0.25) is 0 Å². The van der Waals surface area contributed by atoms with E-state index in [0.29, 0.717) is 6.04 Å². The Bertz CT molecular complexity index is 472. The van der Waals surface area contributed by atoms with Gasteiger partial charge in [0.25, 0.3) is 0 Å². The molecule has 3 atom stereocenters. The third kappa shape index (κ3) is 2.02. The molecule has 0 aromatic carbocycles. The highest BCUT2D eigenvalue weighted by molar-refractivity contribution is 5.80. The highest BCUT2D eigenvalue weighted by Gasteiger charge is 2.51. The molecule has 0 aromatic rings. The van der Waals surface area contributed by atoms with Crippen molar-refractivity contribution in [2.45, 2.75) is 56.8 Å². The standard InChI is InChI=1S/C14H24FN5/c1-13(2)7-9(6-10-4-3-5-20(10)13)14(17)11(15)8-18-12(16)19-14/h8-10H,3-7,17H2,1-2H3,(H3,16,18,19)/t9-,10+,14?/m1/s1. The van der Waals surface area contributed by atoms with Crippen LogP contribution < -0.4 is 16.8 Å². The van der Waals surface area contributed by atoms with Gasteiger partial charge in [-0.15, -0.1) is 0 Å². The molecule has 0 aliphatic carbocycles. The minimum absolute atomic E-state index is 0.0197. The molecule has 112 valence electrons. The Kier molecular flexibility index (Phi) is 3.06. The molecule has 5 nitrogen and oxygen atoms in total. The maximum atomic E-state index is 14.3. The molecule has 1 unspecified atom stereocenters. The number of halogens is 1. The van der Waals surface area contributed by atoms with Gasteiger partial charge in [0.2, 0.25) is 0 Å². The van der Waals surface area contributed by atoms with Gasteiger partial charge in [-0.05, 0) is 46.1 Å². The van der Waals surface area contributed by atoms with Crippen molar-refractivity contribution in [2.24, 2.45) is 22.4 Å². The van der Waals surface area contributed by atoms with Crippen LogP contribution in [-0.2, 0) is 0 Å². The summed E-state index contributed by atoms with van der Waals surface area (Å²) in [6.45, 7) is 5.57. The van der Waals surface area contributed by atoms with Crippen molar-refractivity contribution in [3.8, 4) is 0 Å². The normalized spacial score (nSPS) is 40.6. The molecule has 3 heterocycles. The molecule has 0 radical (unpaired) electrons. The predicted octanol–water partition coefficient (Wildman–Crippen LogP) is 1.02. The Morgan fingerprint density at radius 2 is 2.25 bits per heavy atom. The zero-order valence-electron chi connectivity index (χ0n) is 12.2. The summed E-state index contributed by atoms with van der Waals surface area (Å²) < 4.78 is 14.3. The van der Waals surface area contributed by atoms with E-state index in [9.17, 15) is 4.39 Å². The minimum atomic E-state index is -1.30. The van der Waals surface area contributed by atoms with Crippen LogP contribution in [0.25, 0.3) is 0 Å². The van der Waals surface area contributed by atoms with E-state index in [4.69, 9.17) is 11.5 Å². The van der Waals surface area contributed by atoms with Crippen LogP contribution in [0.4, 0.5) is 4.39 Å². The van der Waals surface area contributed by atoms with Gasteiger partial charge in [0.1, 0.15) is 0 Å². The number of piperidine rings is 1. The first-order valence-corrected chi connectivity index (χ1v) is 7.36. The van der Waals surface area contributed by atoms with Gasteiger partial charge in [-0.25, -0.2) is 9.38 Å². The second-order valence-electron chi connectivity index (χ2n) is 6.90. The Morgan fingerprint density at radius 1 is 1.50 bits per heavy atom. The summed E-state index contributed by atoms with van der Waals surface area (Å²) in [5.74, 6) is -0.242. The van der Waals surface area contributed by atoms with E-state index in [-0.39, 0.29) is 17.4 Å². The van der Waals surface area contributed by atoms with Gasteiger partial charge in [-0.3, -0.25) is 4.90 Å². The fourth-order valence-electron chi connectivity index (χ4n) is 4.17. The van der Waals surface area contributed by atoms with E-state index in [1.165, 1.54) is 19.0 Å². The highest BCUT2D eigenvalue weighted by Crippen LogP contribution is 2.46. The molecule has 3 aliphatic rings. The maximum absolute atomic E-state index is 14.3. The maximum Gasteiger partial charge on any atom is 0.195 e. The first-order valence-electron chi connectivity index (χ1n) is 7.36. The van der Waals surface area contributed by atoms with Gasteiger partial charge in [0, 0.05) is 23.7 Å². The molecular formula is C14H24FN5. The van der Waals surface area contributed by atoms with Crippen LogP contribution in [-0.4, -0.2) is 34.6 Å². The van der Waals surface area contributed by atoms with E-state index in [0.717, 1.165) is 19.4 Å². The zero-order chi connectivity index (χ0) is 14.5. The average molecular weight is 281 g/mol. The molecule has 0 spiro atoms. The van der Waals surface area contributed by atoms with E-state index in [2.05, 4.69) is 29.1 Å². The fraction of sp³-hybridized carbons (Fsp3) is 0.786. The summed E-state index contributed by atoms with van der Waals surface area (Å²) in [4.78, 5) is 6.74. The van der Waals surface area contributed by atoms with E-state index in [1.807, 2.05) is 0 Å². The van der Waals surface area contributed by atoms with Gasteiger partial charge in [0.05, 0.1) is 0 Å². The predicted molar refractivity (Wildman–Crippen MR) is 77.4 cm³/mol. The summed E-state index contributed by atoms with van der Waals surface area (Å²) in [6, 6.07) is 0.489. The van der Waals surface area contributed by atoms with E-state index >= 15 is 0 Å². The Labute approximate surface area is 119 Å². The summed E-state index contributed by atoms with van der Waals surface area (Å²) in [5.41, 5.74) is 10.7. The molecule has 20 heavy (non-hydrogen) atoms. The van der Waals surface area contributed by atoms with Crippen LogP contribution in [0.1, 0.15) is 39.5 Å². The van der Waals surface area contributed by atoms with Gasteiger partial charge in [-0.2, -0.15) is 0 Å². The number of hydrogen-bond donors (Lipinski definition) is 3. The van der Waals surface area contributed by atoms with E-state index in [1.54, 1.807) is 0 Å². The Hall–Kier alpha value is -1.14. The number of fused-ring (bicyclic) bond motifs is 1. The first-order chi connectivity index (χ1) is 9.33. The molecule has 0 amide bonds. The van der Waals surface area contributed by atoms with Gasteiger partial charge in [-0.1, -0.05) is 0 Å². The second-order valence-corrected chi connectivity index (χ2v) is 6.90. The largest absolute Gasteiger partial charge is 0.370 e. The molecule has 0 saturated carbocycles. The van der Waals surface area contributed by atoms with Crippen molar-refractivity contribution in [3.63, 3.8) is 0 Å². The number of guanidine groups is 1. The smallest absolute Gasteiger partial charge is 0.195 e. The topological polar surface area (TPSA) is 79.7 Å². The molecule has 3 rings (SSSR count). The van der Waals surface area contributed by atoms with Gasteiger partial charge < -0.3 is 16.8 Å². The third-order valence-electron chi connectivity index (χ3n) is 5.11. The number of nitrogens with one attached hydrogen (secondary N) is 1. The van der Waals surface area contributed by atoms with Crippen molar-refractivity contribution in [1.82, 2.24) is 10.2 Å². The lowest BCUT2D eigenvalue weighted by atomic mass is 9.73. The molecule has 2 fully saturated rings. The zero-order valence-corrected chi connectivity index (χ0v) is 12.2. The molecule has 6 heteroatoms. The van der Waals surface area contributed by atoms with Crippen LogP contribution in [0.5, 0.6) is 0 Å². The van der Waals surface area contributed by atoms with Crippen molar-refractivity contribution >= 4 is 5.96 Å². The van der Waals surface area contributed by atoms with Crippen LogP contribution in [0, 0.1) is 5.92 Å². The van der Waals surface area contributed by atoms with Crippen LogP contribution >= 0.6 is 0 Å². The average Bonchev–Trinajstić information content (AvgIpc) is 2.83. The van der Waals surface area contributed by atoms with Gasteiger partial charge in [0.15, 0.2) is 17.4 Å². The lowest BCUT2D eigenvalue weighted by Crippen LogP contribution is -2.60. The Morgan fingerprint density at radius 3 is 3.00 bits per heavy atom. The Balaban J connectivity index is 1.90. The number of hydrogen-bond acceptors (Lipinski definition) is 5. The van der Waals surface area contributed by atoms with Crippen LogP contribution in [0.3, 0.4) is 0 Å². The summed E-state index contributed by atoms with van der Waals surface area (Å²) in [6.07, 6.45) is 5.34. The molecule has 0 bridgehead atoms. The lowest BCUT2D eigenvalue weighted by Gasteiger charge is -2.51. The van der Waals surface area contributed by atoms with Crippen molar-refractivity contribution in [1.29, 1.82) is 0 Å². The van der Waals surface area contributed by atoms with Crippen molar-refractivity contribution in [2.75, 3.05) is 6.54 Å². The van der Waals surface area contributed by atoms with Crippen molar-refractivity contribution < 1.29 is 4.39 Å². The quantitative estimate of drug-likeness (QED) is 0.670. The molecule has 0 aromatic heterocycles. The number of aliphatic imine (C=N–C) groups is 1. The number of nitrogens with zero attached hydrogens (tertiary/aromatic N) is 2.